The van der Waals surface area contributed by atoms with Crippen molar-refractivity contribution in [1.29, 1.82) is 0 Å². The maximum Gasteiger partial charge on any atom is 0.573 e. The molecular weight excluding hydrogens is 347 g/mol. The van der Waals surface area contributed by atoms with E-state index >= 15 is 0 Å². The largest absolute Gasteiger partial charge is 0.573 e. The predicted molar refractivity (Wildman–Crippen MR) is 75.6 cm³/mol. The van der Waals surface area contributed by atoms with Gasteiger partial charge in [0.15, 0.2) is 11.4 Å². The second kappa shape index (κ2) is 7.07. The minimum absolute atomic E-state index is 0.0168. The van der Waals surface area contributed by atoms with Crippen molar-refractivity contribution in [3.8, 4) is 11.5 Å². The van der Waals surface area contributed by atoms with Gasteiger partial charge in [0.1, 0.15) is 12.4 Å². The van der Waals surface area contributed by atoms with E-state index in [1.165, 1.54) is 18.2 Å². The smallest absolute Gasteiger partial charge is 0.486 e. The van der Waals surface area contributed by atoms with Crippen LogP contribution in [0.25, 0.3) is 0 Å². The Labute approximate surface area is 138 Å². The van der Waals surface area contributed by atoms with E-state index in [4.69, 9.17) is 14.9 Å². The molecule has 2 N–H and O–H groups in total. The average molecular weight is 357 g/mol. The fourth-order valence-corrected chi connectivity index (χ4v) is 1.83. The van der Waals surface area contributed by atoms with E-state index in [0.717, 1.165) is 18.3 Å². The highest BCUT2D eigenvalue weighted by atomic mass is 19.4. The van der Waals surface area contributed by atoms with Crippen LogP contribution in [0.2, 0.25) is 0 Å². The van der Waals surface area contributed by atoms with Crippen molar-refractivity contribution in [2.75, 3.05) is 0 Å². The molecule has 2 rings (SSSR count). The number of hydrogen-bond acceptors (Lipinski definition) is 5. The lowest BCUT2D eigenvalue weighted by atomic mass is 10.2. The first kappa shape index (κ1) is 18.0. The number of halogens is 3. The van der Waals surface area contributed by atoms with E-state index in [0.29, 0.717) is 0 Å². The number of aromatic nitrogens is 1. The molecule has 0 saturated heterocycles. The van der Waals surface area contributed by atoms with Crippen LogP contribution >= 0.6 is 0 Å². The van der Waals surface area contributed by atoms with Gasteiger partial charge in [-0.3, -0.25) is 0 Å². The molecule has 132 valence electrons. The van der Waals surface area contributed by atoms with E-state index in [1.807, 2.05) is 0 Å². The summed E-state index contributed by atoms with van der Waals surface area (Å²) in [6.45, 7) is -0.489. The molecule has 1 aromatic carbocycles. The third-order valence-corrected chi connectivity index (χ3v) is 2.88. The summed E-state index contributed by atoms with van der Waals surface area (Å²) in [6.07, 6.45) is -4.08. The Morgan fingerprint density at radius 1 is 1.08 bits per heavy atom. The van der Waals surface area contributed by atoms with Crippen LogP contribution in [-0.4, -0.2) is 33.5 Å². The molecule has 7 nitrogen and oxygen atoms in total. The minimum Gasteiger partial charge on any atom is -0.486 e. The summed E-state index contributed by atoms with van der Waals surface area (Å²) in [5.74, 6) is -3.76. The van der Waals surface area contributed by atoms with Gasteiger partial charge in [0.25, 0.3) is 0 Å². The lowest BCUT2D eigenvalue weighted by Crippen LogP contribution is -2.18. The Morgan fingerprint density at radius 3 is 2.36 bits per heavy atom. The molecule has 25 heavy (non-hydrogen) atoms. The molecule has 1 heterocycles. The van der Waals surface area contributed by atoms with Crippen molar-refractivity contribution in [3.05, 3.63) is 53.3 Å². The van der Waals surface area contributed by atoms with Crippen LogP contribution in [0.4, 0.5) is 13.2 Å². The second-order valence-electron chi connectivity index (χ2n) is 4.63. The molecule has 0 spiro atoms. The summed E-state index contributed by atoms with van der Waals surface area (Å²) < 4.78 is 46.2. The number of hydrogen-bond donors (Lipinski definition) is 2. The van der Waals surface area contributed by atoms with Gasteiger partial charge in [0.05, 0.1) is 5.56 Å². The molecule has 1 aromatic heterocycles. The molecule has 0 aliphatic rings. The highest BCUT2D eigenvalue weighted by Gasteiger charge is 2.32. The first-order valence-corrected chi connectivity index (χ1v) is 6.60. The number of nitrogens with zero attached hydrogens (tertiary/aromatic N) is 1. The van der Waals surface area contributed by atoms with Gasteiger partial charge >= 0.3 is 18.3 Å². The van der Waals surface area contributed by atoms with E-state index in [1.54, 1.807) is 0 Å². The van der Waals surface area contributed by atoms with E-state index in [-0.39, 0.29) is 11.1 Å². The highest BCUT2D eigenvalue weighted by molar-refractivity contribution is 5.92. The van der Waals surface area contributed by atoms with Gasteiger partial charge in [-0.05, 0) is 12.1 Å². The van der Waals surface area contributed by atoms with Crippen molar-refractivity contribution < 1.29 is 42.4 Å². The average Bonchev–Trinajstić information content (AvgIpc) is 2.52. The Morgan fingerprint density at radius 2 is 1.76 bits per heavy atom. The third-order valence-electron chi connectivity index (χ3n) is 2.88. The van der Waals surface area contributed by atoms with Crippen LogP contribution in [0.5, 0.6) is 11.5 Å². The van der Waals surface area contributed by atoms with Gasteiger partial charge < -0.3 is 19.7 Å². The predicted octanol–water partition coefficient (Wildman–Crippen LogP) is 2.96. The van der Waals surface area contributed by atoms with Gasteiger partial charge in [-0.15, -0.1) is 13.2 Å². The van der Waals surface area contributed by atoms with Gasteiger partial charge in [-0.1, -0.05) is 18.2 Å². The number of para-hydroxylation sites is 1. The fourth-order valence-electron chi connectivity index (χ4n) is 1.83. The first-order valence-electron chi connectivity index (χ1n) is 6.60. The Bertz CT molecular complexity index is 806. The Hall–Kier alpha value is -3.30. The molecule has 0 aliphatic heterocycles. The number of pyridine rings is 1. The normalized spacial score (nSPS) is 11.0. The Balaban J connectivity index is 2.28. The number of carboxylic acids is 2. The van der Waals surface area contributed by atoms with Crippen molar-refractivity contribution in [3.63, 3.8) is 0 Å². The summed E-state index contributed by atoms with van der Waals surface area (Å²) in [6, 6.07) is 6.03. The summed E-state index contributed by atoms with van der Waals surface area (Å²) in [5.41, 5.74) is -0.920. The quantitative estimate of drug-likeness (QED) is 0.819. The Kier molecular flexibility index (Phi) is 5.11. The van der Waals surface area contributed by atoms with E-state index < -0.39 is 42.1 Å². The fraction of sp³-hybridized carbons (Fsp3) is 0.133. The second-order valence-corrected chi connectivity index (χ2v) is 4.63. The molecule has 0 atom stereocenters. The number of benzene rings is 1. The summed E-state index contributed by atoms with van der Waals surface area (Å²) in [7, 11) is 0. The van der Waals surface area contributed by atoms with Gasteiger partial charge in [0.2, 0.25) is 0 Å². The number of alkyl halides is 3. The van der Waals surface area contributed by atoms with E-state index in [2.05, 4.69) is 9.72 Å². The third kappa shape index (κ3) is 4.83. The van der Waals surface area contributed by atoms with Crippen LogP contribution in [0.3, 0.4) is 0 Å². The highest BCUT2D eigenvalue weighted by Crippen LogP contribution is 2.28. The maximum atomic E-state index is 12.4. The van der Waals surface area contributed by atoms with E-state index in [9.17, 15) is 22.8 Å². The molecule has 2 aromatic rings. The molecule has 0 radical (unpaired) electrons. The SMILES string of the molecule is O=C(O)c1cnc(C(=O)O)c(OCc2ccccc2OC(F)(F)F)c1. The summed E-state index contributed by atoms with van der Waals surface area (Å²) in [5, 5.41) is 17.9. The standard InChI is InChI=1S/C15H10F3NO6/c16-15(17,18)25-10-4-2-1-3-8(10)7-24-11-5-9(13(20)21)6-19-12(11)14(22)23/h1-6H,7H2,(H,20,21)(H,22,23). The minimum atomic E-state index is -4.91. The molecule has 0 amide bonds. The van der Waals surface area contributed by atoms with Crippen LogP contribution < -0.4 is 9.47 Å². The van der Waals surface area contributed by atoms with Crippen LogP contribution in [-0.2, 0) is 6.61 Å². The molecule has 0 unspecified atom stereocenters. The topological polar surface area (TPSA) is 106 Å². The summed E-state index contributed by atoms with van der Waals surface area (Å²) in [4.78, 5) is 25.5. The molecule has 0 bridgehead atoms. The van der Waals surface area contributed by atoms with Crippen LogP contribution in [0, 0.1) is 0 Å². The van der Waals surface area contributed by atoms with Crippen LogP contribution in [0.15, 0.2) is 36.5 Å². The zero-order valence-corrected chi connectivity index (χ0v) is 12.3. The molecule has 0 fully saturated rings. The lowest BCUT2D eigenvalue weighted by molar-refractivity contribution is -0.275. The number of rotatable bonds is 6. The van der Waals surface area contributed by atoms with Gasteiger partial charge in [-0.25, -0.2) is 14.6 Å². The number of carbonyl (C=O) groups is 2. The van der Waals surface area contributed by atoms with Crippen molar-refractivity contribution in [2.45, 2.75) is 13.0 Å². The van der Waals surface area contributed by atoms with Gasteiger partial charge in [-0.2, -0.15) is 0 Å². The van der Waals surface area contributed by atoms with Crippen molar-refractivity contribution >= 4 is 11.9 Å². The number of carboxylic acid groups (broad SMARTS) is 2. The zero-order chi connectivity index (χ0) is 18.6. The van der Waals surface area contributed by atoms with Crippen molar-refractivity contribution in [1.82, 2.24) is 4.98 Å². The molecule has 0 aliphatic carbocycles. The summed E-state index contributed by atoms with van der Waals surface area (Å²) >= 11 is 0. The first-order chi connectivity index (χ1) is 11.7. The van der Waals surface area contributed by atoms with Crippen LogP contribution in [0.1, 0.15) is 26.4 Å². The number of ether oxygens (including phenoxy) is 2. The maximum absolute atomic E-state index is 12.4. The molecular formula is C15H10F3NO6. The molecule has 0 saturated carbocycles. The monoisotopic (exact) mass is 357 g/mol. The lowest BCUT2D eigenvalue weighted by Gasteiger charge is -2.14. The number of aromatic carboxylic acids is 2. The van der Waals surface area contributed by atoms with Crippen molar-refractivity contribution in [2.24, 2.45) is 0 Å². The molecule has 10 heteroatoms. The zero-order valence-electron chi connectivity index (χ0n) is 12.3. The van der Waals surface area contributed by atoms with Gasteiger partial charge in [0, 0.05) is 11.8 Å².